The van der Waals surface area contributed by atoms with E-state index in [9.17, 15) is 4.79 Å². The van der Waals surface area contributed by atoms with Crippen LogP contribution in [0.5, 0.6) is 5.75 Å². The molecular weight excluding hydrogens is 228 g/mol. The molecule has 0 saturated heterocycles. The van der Waals surface area contributed by atoms with Gasteiger partial charge in [0, 0.05) is 18.5 Å². The number of para-hydroxylation sites is 1. The van der Waals surface area contributed by atoms with Gasteiger partial charge in [-0.1, -0.05) is 12.1 Å². The van der Waals surface area contributed by atoms with Crippen LogP contribution in [0.4, 0.5) is 0 Å². The van der Waals surface area contributed by atoms with Crippen molar-refractivity contribution < 1.29 is 9.53 Å². The quantitative estimate of drug-likeness (QED) is 0.800. The first kappa shape index (κ1) is 12.9. The number of carbonyl (C=O) groups is 1. The number of benzene rings is 1. The van der Waals surface area contributed by atoms with Crippen molar-refractivity contribution in [1.29, 1.82) is 0 Å². The summed E-state index contributed by atoms with van der Waals surface area (Å²) in [6.07, 6.45) is 2.36. The van der Waals surface area contributed by atoms with E-state index in [2.05, 4.69) is 10.6 Å². The third-order valence-corrected chi connectivity index (χ3v) is 3.48. The molecule has 0 unspecified atom stereocenters. The average molecular weight is 248 g/mol. The minimum Gasteiger partial charge on any atom is -0.496 e. The number of hydrogen-bond donors (Lipinski definition) is 2. The number of amides is 1. The van der Waals surface area contributed by atoms with Crippen LogP contribution < -0.4 is 15.4 Å². The predicted octanol–water partition coefficient (Wildman–Crippen LogP) is 1.42. The van der Waals surface area contributed by atoms with Gasteiger partial charge in [-0.3, -0.25) is 4.79 Å². The Balaban J connectivity index is 1.96. The molecule has 0 atom stereocenters. The van der Waals surface area contributed by atoms with Gasteiger partial charge >= 0.3 is 0 Å². The smallest absolute Gasteiger partial charge is 0.255 e. The van der Waals surface area contributed by atoms with Gasteiger partial charge in [-0.05, 0) is 32.0 Å². The molecule has 98 valence electrons. The third kappa shape index (κ3) is 2.82. The zero-order chi connectivity index (χ0) is 13.0. The van der Waals surface area contributed by atoms with Crippen molar-refractivity contribution in [2.24, 2.45) is 5.41 Å². The van der Waals surface area contributed by atoms with Crippen LogP contribution in [0.15, 0.2) is 24.3 Å². The number of hydrogen-bond acceptors (Lipinski definition) is 3. The fourth-order valence-electron chi connectivity index (χ4n) is 2.16. The molecule has 0 radical (unpaired) electrons. The summed E-state index contributed by atoms with van der Waals surface area (Å²) in [5, 5.41) is 6.18. The van der Waals surface area contributed by atoms with Gasteiger partial charge in [-0.15, -0.1) is 0 Å². The normalized spacial score (nSPS) is 16.1. The van der Waals surface area contributed by atoms with Crippen molar-refractivity contribution in [1.82, 2.24) is 10.6 Å². The molecular formula is C14H20N2O2. The Morgan fingerprint density at radius 1 is 1.33 bits per heavy atom. The molecule has 1 aliphatic carbocycles. The van der Waals surface area contributed by atoms with Crippen molar-refractivity contribution in [2.45, 2.75) is 12.8 Å². The molecule has 0 aromatic heterocycles. The molecule has 0 aliphatic heterocycles. The fraction of sp³-hybridized carbons (Fsp3) is 0.500. The zero-order valence-electron chi connectivity index (χ0n) is 11.0. The topological polar surface area (TPSA) is 50.4 Å². The van der Waals surface area contributed by atoms with Crippen LogP contribution in [0, 0.1) is 5.41 Å². The molecule has 1 amide bonds. The second kappa shape index (κ2) is 5.40. The van der Waals surface area contributed by atoms with Crippen molar-refractivity contribution in [2.75, 3.05) is 27.2 Å². The van der Waals surface area contributed by atoms with Crippen molar-refractivity contribution in [3.8, 4) is 5.75 Å². The second-order valence-electron chi connectivity index (χ2n) is 4.91. The molecule has 1 aliphatic rings. The fourth-order valence-corrected chi connectivity index (χ4v) is 2.16. The molecule has 1 saturated carbocycles. The maximum absolute atomic E-state index is 12.1. The summed E-state index contributed by atoms with van der Waals surface area (Å²) in [5.41, 5.74) is 0.868. The highest BCUT2D eigenvalue weighted by Crippen LogP contribution is 2.44. The van der Waals surface area contributed by atoms with E-state index in [-0.39, 0.29) is 11.3 Å². The molecule has 2 rings (SSSR count). The van der Waals surface area contributed by atoms with Crippen LogP contribution in [0.2, 0.25) is 0 Å². The van der Waals surface area contributed by atoms with Gasteiger partial charge in [0.15, 0.2) is 0 Å². The van der Waals surface area contributed by atoms with Crippen LogP contribution >= 0.6 is 0 Å². The summed E-state index contributed by atoms with van der Waals surface area (Å²) in [7, 11) is 3.53. The highest BCUT2D eigenvalue weighted by Gasteiger charge is 2.42. The Bertz CT molecular complexity index is 428. The highest BCUT2D eigenvalue weighted by molar-refractivity contribution is 5.96. The lowest BCUT2D eigenvalue weighted by molar-refractivity contribution is 0.0942. The lowest BCUT2D eigenvalue weighted by atomic mass is 10.1. The summed E-state index contributed by atoms with van der Waals surface area (Å²) in [6, 6.07) is 7.29. The molecule has 2 N–H and O–H groups in total. The molecule has 1 aromatic carbocycles. The maximum atomic E-state index is 12.1. The van der Waals surface area contributed by atoms with Crippen LogP contribution in [0.3, 0.4) is 0 Å². The third-order valence-electron chi connectivity index (χ3n) is 3.48. The molecule has 4 heteroatoms. The van der Waals surface area contributed by atoms with Crippen LogP contribution in [0.1, 0.15) is 23.2 Å². The van der Waals surface area contributed by atoms with Gasteiger partial charge < -0.3 is 15.4 Å². The average Bonchev–Trinajstić information content (AvgIpc) is 3.16. The molecule has 0 spiro atoms. The minimum absolute atomic E-state index is 0.0603. The summed E-state index contributed by atoms with van der Waals surface area (Å²) in [6.45, 7) is 1.68. The summed E-state index contributed by atoms with van der Waals surface area (Å²) < 4.78 is 5.19. The van der Waals surface area contributed by atoms with Crippen molar-refractivity contribution in [3.05, 3.63) is 29.8 Å². The standard InChI is InChI=1S/C14H20N2O2/c1-15-9-14(7-8-14)10-16-13(17)11-5-3-4-6-12(11)18-2/h3-6,15H,7-10H2,1-2H3,(H,16,17). The van der Waals surface area contributed by atoms with E-state index < -0.39 is 0 Å². The predicted molar refractivity (Wildman–Crippen MR) is 70.9 cm³/mol. The van der Waals surface area contributed by atoms with Gasteiger partial charge in [0.1, 0.15) is 5.75 Å². The highest BCUT2D eigenvalue weighted by atomic mass is 16.5. The number of nitrogens with one attached hydrogen (secondary N) is 2. The Kier molecular flexibility index (Phi) is 3.87. The first-order chi connectivity index (χ1) is 8.71. The number of carbonyl (C=O) groups excluding carboxylic acids is 1. The molecule has 0 heterocycles. The molecule has 1 aromatic rings. The minimum atomic E-state index is -0.0603. The first-order valence-electron chi connectivity index (χ1n) is 6.27. The van der Waals surface area contributed by atoms with E-state index >= 15 is 0 Å². The Morgan fingerprint density at radius 2 is 2.06 bits per heavy atom. The van der Waals surface area contributed by atoms with Crippen LogP contribution in [0.25, 0.3) is 0 Å². The Hall–Kier alpha value is -1.55. The molecule has 18 heavy (non-hydrogen) atoms. The Morgan fingerprint density at radius 3 is 2.67 bits per heavy atom. The summed E-state index contributed by atoms with van der Waals surface area (Å²) in [4.78, 5) is 12.1. The van der Waals surface area contributed by atoms with Crippen molar-refractivity contribution >= 4 is 5.91 Å². The number of ether oxygens (including phenoxy) is 1. The van der Waals surface area contributed by atoms with E-state index in [1.165, 1.54) is 12.8 Å². The van der Waals surface area contributed by atoms with Gasteiger partial charge in [-0.25, -0.2) is 0 Å². The zero-order valence-corrected chi connectivity index (χ0v) is 11.0. The lowest BCUT2D eigenvalue weighted by Gasteiger charge is -2.16. The van der Waals surface area contributed by atoms with Crippen molar-refractivity contribution in [3.63, 3.8) is 0 Å². The summed E-state index contributed by atoms with van der Waals surface area (Å²) in [5.74, 6) is 0.559. The molecule has 1 fully saturated rings. The van der Waals surface area contributed by atoms with Gasteiger partial charge in [0.25, 0.3) is 5.91 Å². The number of methoxy groups -OCH3 is 1. The van der Waals surface area contributed by atoms with Gasteiger partial charge in [-0.2, -0.15) is 0 Å². The second-order valence-corrected chi connectivity index (χ2v) is 4.91. The van der Waals surface area contributed by atoms with Crippen LogP contribution in [-0.4, -0.2) is 33.2 Å². The first-order valence-corrected chi connectivity index (χ1v) is 6.27. The van der Waals surface area contributed by atoms with E-state index in [0.29, 0.717) is 11.3 Å². The van der Waals surface area contributed by atoms with Gasteiger partial charge in [0.2, 0.25) is 0 Å². The SMILES string of the molecule is CNCC1(CNC(=O)c2ccccc2OC)CC1. The monoisotopic (exact) mass is 248 g/mol. The molecule has 0 bridgehead atoms. The van der Waals surface area contributed by atoms with E-state index in [1.54, 1.807) is 19.2 Å². The maximum Gasteiger partial charge on any atom is 0.255 e. The summed E-state index contributed by atoms with van der Waals surface area (Å²) >= 11 is 0. The largest absolute Gasteiger partial charge is 0.496 e. The van der Waals surface area contributed by atoms with Gasteiger partial charge in [0.05, 0.1) is 12.7 Å². The molecule has 4 nitrogen and oxygen atoms in total. The van der Waals surface area contributed by atoms with E-state index in [0.717, 1.165) is 13.1 Å². The van der Waals surface area contributed by atoms with E-state index in [1.807, 2.05) is 19.2 Å². The lowest BCUT2D eigenvalue weighted by Crippen LogP contribution is -2.35. The Labute approximate surface area is 108 Å². The van der Waals surface area contributed by atoms with Crippen LogP contribution in [-0.2, 0) is 0 Å². The van der Waals surface area contributed by atoms with E-state index in [4.69, 9.17) is 4.74 Å². The number of rotatable bonds is 6.